The fourth-order valence-corrected chi connectivity index (χ4v) is 1.21. The molecule has 6 nitrogen and oxygen atoms in total. The molecule has 1 aromatic carbocycles. The second kappa shape index (κ2) is 6.41. The molecule has 0 bridgehead atoms. The molecule has 0 radical (unpaired) electrons. The van der Waals surface area contributed by atoms with Gasteiger partial charge in [-0.1, -0.05) is 11.6 Å². The van der Waals surface area contributed by atoms with Crippen molar-refractivity contribution in [3.05, 3.63) is 29.3 Å². The molecule has 0 saturated heterocycles. The molecule has 2 unspecified atom stereocenters. The maximum absolute atomic E-state index is 10.5. The predicted molar refractivity (Wildman–Crippen MR) is 58.1 cm³/mol. The van der Waals surface area contributed by atoms with Gasteiger partial charge >= 0.3 is 5.97 Å². The number of aliphatic carboxylic acids is 1. The highest BCUT2D eigenvalue weighted by atomic mass is 35.5. The van der Waals surface area contributed by atoms with Gasteiger partial charge in [0.15, 0.2) is 0 Å². The van der Waals surface area contributed by atoms with Crippen LogP contribution in [0.25, 0.3) is 0 Å². The zero-order valence-corrected chi connectivity index (χ0v) is 9.37. The Hall–Kier alpha value is -1.34. The number of aliphatic hydroxyl groups is 1. The second-order valence-electron chi connectivity index (χ2n) is 3.20. The minimum atomic E-state index is -1.75. The molecule has 0 aliphatic heterocycles. The predicted octanol–water partition coefficient (Wildman–Crippen LogP) is 1.02. The highest BCUT2D eigenvalue weighted by Crippen LogP contribution is 2.16. The van der Waals surface area contributed by atoms with E-state index in [2.05, 4.69) is 4.89 Å². The van der Waals surface area contributed by atoms with Crippen molar-refractivity contribution in [2.24, 2.45) is 0 Å². The van der Waals surface area contributed by atoms with Crippen LogP contribution in [0.5, 0.6) is 5.75 Å². The molecule has 0 heterocycles. The lowest BCUT2D eigenvalue weighted by molar-refractivity contribution is -0.294. The van der Waals surface area contributed by atoms with Crippen LogP contribution in [-0.4, -0.2) is 40.3 Å². The zero-order chi connectivity index (χ0) is 12.8. The van der Waals surface area contributed by atoms with Crippen LogP contribution in [0, 0.1) is 0 Å². The number of hydrogen-bond acceptors (Lipinski definition) is 5. The first kappa shape index (κ1) is 13.7. The van der Waals surface area contributed by atoms with E-state index in [4.69, 9.17) is 26.7 Å². The van der Waals surface area contributed by atoms with Crippen molar-refractivity contribution in [2.45, 2.75) is 12.2 Å². The van der Waals surface area contributed by atoms with Crippen molar-refractivity contribution < 1.29 is 29.9 Å². The van der Waals surface area contributed by atoms with Crippen LogP contribution in [-0.2, 0) is 9.68 Å². The lowest BCUT2D eigenvalue weighted by Crippen LogP contribution is -2.39. The highest BCUT2D eigenvalue weighted by molar-refractivity contribution is 6.30. The van der Waals surface area contributed by atoms with Gasteiger partial charge in [0.25, 0.3) is 0 Å². The van der Waals surface area contributed by atoms with E-state index in [-0.39, 0.29) is 6.61 Å². The molecule has 2 atom stereocenters. The Labute approximate surface area is 102 Å². The maximum atomic E-state index is 10.5. The first-order valence-corrected chi connectivity index (χ1v) is 5.02. The van der Waals surface area contributed by atoms with Gasteiger partial charge < -0.3 is 14.9 Å². The summed E-state index contributed by atoms with van der Waals surface area (Å²) in [5, 5.41) is 26.8. The van der Waals surface area contributed by atoms with E-state index >= 15 is 0 Å². The van der Waals surface area contributed by atoms with E-state index in [0.29, 0.717) is 10.8 Å². The summed E-state index contributed by atoms with van der Waals surface area (Å²) < 4.78 is 5.09. The van der Waals surface area contributed by atoms with Gasteiger partial charge in [-0.15, -0.1) is 0 Å². The summed E-state index contributed by atoms with van der Waals surface area (Å²) >= 11 is 5.65. The molecule has 0 saturated carbocycles. The van der Waals surface area contributed by atoms with Crippen LogP contribution in [0.3, 0.4) is 0 Å². The monoisotopic (exact) mass is 262 g/mol. The van der Waals surface area contributed by atoms with Crippen molar-refractivity contribution in [2.75, 3.05) is 6.61 Å². The summed E-state index contributed by atoms with van der Waals surface area (Å²) in [5.41, 5.74) is 0. The molecule has 0 spiro atoms. The van der Waals surface area contributed by atoms with Gasteiger partial charge in [0.1, 0.15) is 18.5 Å². The number of ether oxygens (including phenoxy) is 1. The van der Waals surface area contributed by atoms with E-state index in [0.717, 1.165) is 0 Å². The Morgan fingerprint density at radius 3 is 2.41 bits per heavy atom. The van der Waals surface area contributed by atoms with Gasteiger partial charge in [-0.05, 0) is 24.3 Å². The Kier molecular flexibility index (Phi) is 5.17. The van der Waals surface area contributed by atoms with Gasteiger partial charge in [-0.2, -0.15) is 0 Å². The zero-order valence-electron chi connectivity index (χ0n) is 8.62. The van der Waals surface area contributed by atoms with Crippen molar-refractivity contribution >= 4 is 17.6 Å². The summed E-state index contributed by atoms with van der Waals surface area (Å²) in [7, 11) is 0. The quantitative estimate of drug-likeness (QED) is 0.523. The SMILES string of the molecule is O=C(O)C(OO)C(O)COc1ccc(Cl)cc1. The lowest BCUT2D eigenvalue weighted by atomic mass is 10.2. The first-order valence-electron chi connectivity index (χ1n) is 4.64. The molecule has 3 N–H and O–H groups in total. The number of hydrogen-bond donors (Lipinski definition) is 3. The van der Waals surface area contributed by atoms with Gasteiger partial charge in [-0.3, -0.25) is 5.26 Å². The number of aliphatic hydroxyl groups excluding tert-OH is 1. The van der Waals surface area contributed by atoms with Gasteiger partial charge in [-0.25, -0.2) is 9.68 Å². The molecule has 7 heteroatoms. The van der Waals surface area contributed by atoms with Crippen molar-refractivity contribution in [3.63, 3.8) is 0 Å². The highest BCUT2D eigenvalue weighted by Gasteiger charge is 2.28. The molecule has 0 fully saturated rings. The third kappa shape index (κ3) is 4.20. The summed E-state index contributed by atoms with van der Waals surface area (Å²) in [6.07, 6.45) is -3.24. The molecule has 94 valence electrons. The Morgan fingerprint density at radius 2 is 1.94 bits per heavy atom. The minimum absolute atomic E-state index is 0.334. The van der Waals surface area contributed by atoms with Crippen LogP contribution < -0.4 is 4.74 Å². The van der Waals surface area contributed by atoms with Crippen molar-refractivity contribution in [3.8, 4) is 5.75 Å². The van der Waals surface area contributed by atoms with E-state index in [1.807, 2.05) is 0 Å². The summed E-state index contributed by atoms with van der Waals surface area (Å²) in [6.45, 7) is -0.334. The average molecular weight is 263 g/mol. The van der Waals surface area contributed by atoms with E-state index in [1.165, 1.54) is 0 Å². The summed E-state index contributed by atoms with van der Waals surface area (Å²) in [6, 6.07) is 6.29. The van der Waals surface area contributed by atoms with Gasteiger partial charge in [0.2, 0.25) is 6.10 Å². The maximum Gasteiger partial charge on any atom is 0.339 e. The minimum Gasteiger partial charge on any atom is -0.491 e. The van der Waals surface area contributed by atoms with E-state index in [9.17, 15) is 9.90 Å². The number of carboxylic acid groups (broad SMARTS) is 1. The first-order chi connectivity index (χ1) is 8.04. The molecular formula is C10H11ClO6. The third-order valence-corrected chi connectivity index (χ3v) is 2.19. The smallest absolute Gasteiger partial charge is 0.339 e. The van der Waals surface area contributed by atoms with E-state index in [1.54, 1.807) is 24.3 Å². The van der Waals surface area contributed by atoms with Crippen LogP contribution >= 0.6 is 11.6 Å². The molecule has 1 aromatic rings. The molecule has 0 aliphatic carbocycles. The van der Waals surface area contributed by atoms with Gasteiger partial charge in [0.05, 0.1) is 0 Å². The third-order valence-electron chi connectivity index (χ3n) is 1.94. The number of halogens is 1. The fraction of sp³-hybridized carbons (Fsp3) is 0.300. The molecule has 1 rings (SSSR count). The Balaban J connectivity index is 2.49. The van der Waals surface area contributed by atoms with E-state index < -0.39 is 18.2 Å². The Bertz CT molecular complexity index is 366. The topological polar surface area (TPSA) is 96.2 Å². The molecule has 17 heavy (non-hydrogen) atoms. The molecular weight excluding hydrogens is 252 g/mol. The normalized spacial score (nSPS) is 14.1. The van der Waals surface area contributed by atoms with Crippen LogP contribution in [0.15, 0.2) is 24.3 Å². The van der Waals surface area contributed by atoms with Crippen molar-refractivity contribution in [1.29, 1.82) is 0 Å². The molecule has 0 aliphatic rings. The molecule has 0 amide bonds. The standard InChI is InChI=1S/C10H11ClO6/c11-6-1-3-7(4-2-6)16-5-8(12)9(17-15)10(13)14/h1-4,8-9,12,15H,5H2,(H,13,14). The number of benzene rings is 1. The van der Waals surface area contributed by atoms with Crippen LogP contribution in [0.1, 0.15) is 0 Å². The van der Waals surface area contributed by atoms with Crippen LogP contribution in [0.4, 0.5) is 0 Å². The Morgan fingerprint density at radius 1 is 1.35 bits per heavy atom. The fourth-order valence-electron chi connectivity index (χ4n) is 1.08. The van der Waals surface area contributed by atoms with Gasteiger partial charge in [0, 0.05) is 5.02 Å². The van der Waals surface area contributed by atoms with Crippen molar-refractivity contribution in [1.82, 2.24) is 0 Å². The lowest BCUT2D eigenvalue weighted by Gasteiger charge is -2.16. The summed E-state index contributed by atoms with van der Waals surface area (Å²) in [5.74, 6) is -1.07. The number of rotatable bonds is 6. The molecule has 0 aromatic heterocycles. The van der Waals surface area contributed by atoms with Crippen LogP contribution in [0.2, 0.25) is 5.02 Å². The largest absolute Gasteiger partial charge is 0.491 e. The second-order valence-corrected chi connectivity index (χ2v) is 3.63. The number of carbonyl (C=O) groups is 1. The average Bonchev–Trinajstić information content (AvgIpc) is 2.28. The number of carboxylic acids is 1. The summed E-state index contributed by atoms with van der Waals surface area (Å²) in [4.78, 5) is 14.1.